The van der Waals surface area contributed by atoms with Crippen LogP contribution in [0.2, 0.25) is 5.02 Å². The molecule has 4 aromatic carbocycles. The van der Waals surface area contributed by atoms with Gasteiger partial charge in [0.15, 0.2) is 5.75 Å². The number of amides is 1. The fraction of sp³-hybridized carbons (Fsp3) is 0.138. The monoisotopic (exact) mass is 534 g/mol. The van der Waals surface area contributed by atoms with Crippen LogP contribution in [-0.4, -0.2) is 20.9 Å². The van der Waals surface area contributed by atoms with E-state index >= 15 is 0 Å². The second kappa shape index (κ2) is 11.1. The Morgan fingerprint density at radius 3 is 2.24 bits per heavy atom. The molecule has 0 saturated heterocycles. The predicted octanol–water partition coefficient (Wildman–Crippen LogP) is 6.89. The van der Waals surface area contributed by atoms with Crippen molar-refractivity contribution >= 4 is 38.9 Å². The minimum Gasteiger partial charge on any atom is -0.455 e. The van der Waals surface area contributed by atoms with E-state index < -0.39 is 22.5 Å². The van der Waals surface area contributed by atoms with Gasteiger partial charge in [-0.05, 0) is 86.5 Å². The second-order valence-corrected chi connectivity index (χ2v) is 11.0. The zero-order chi connectivity index (χ0) is 26.6. The van der Waals surface area contributed by atoms with Gasteiger partial charge in [-0.15, -0.1) is 0 Å². The van der Waals surface area contributed by atoms with Crippen molar-refractivity contribution in [1.82, 2.24) is 0 Å². The number of benzene rings is 4. The van der Waals surface area contributed by atoms with E-state index in [1.807, 2.05) is 45.0 Å². The Kier molecular flexibility index (Phi) is 7.86. The van der Waals surface area contributed by atoms with Crippen molar-refractivity contribution in [2.45, 2.75) is 25.7 Å². The zero-order valence-electron chi connectivity index (χ0n) is 20.7. The first-order chi connectivity index (χ1) is 17.6. The number of halogens is 1. The summed E-state index contributed by atoms with van der Waals surface area (Å²) in [5.74, 6) is 0.413. The third kappa shape index (κ3) is 6.31. The maximum atomic E-state index is 13.7. The average Bonchev–Trinajstić information content (AvgIpc) is 2.87. The van der Waals surface area contributed by atoms with Crippen molar-refractivity contribution < 1.29 is 17.9 Å². The summed E-state index contributed by atoms with van der Waals surface area (Å²) < 4.78 is 34.4. The Labute approximate surface area is 222 Å². The van der Waals surface area contributed by atoms with Gasteiger partial charge < -0.3 is 10.1 Å². The smallest absolute Gasteiger partial charge is 0.264 e. The highest BCUT2D eigenvalue weighted by atomic mass is 35.5. The van der Waals surface area contributed by atoms with E-state index in [1.165, 1.54) is 0 Å². The molecule has 8 heteroatoms. The predicted molar refractivity (Wildman–Crippen MR) is 148 cm³/mol. The topological polar surface area (TPSA) is 75.7 Å². The Morgan fingerprint density at radius 2 is 1.57 bits per heavy atom. The summed E-state index contributed by atoms with van der Waals surface area (Å²) in [7, 11) is -4.04. The highest BCUT2D eigenvalue weighted by Crippen LogP contribution is 2.32. The Balaban J connectivity index is 1.66. The van der Waals surface area contributed by atoms with Crippen molar-refractivity contribution in [3.8, 4) is 11.5 Å². The van der Waals surface area contributed by atoms with Crippen LogP contribution in [0.3, 0.4) is 0 Å². The van der Waals surface area contributed by atoms with Crippen LogP contribution in [0.25, 0.3) is 0 Å². The van der Waals surface area contributed by atoms with Gasteiger partial charge >= 0.3 is 0 Å². The number of hydrogen-bond donors (Lipinski definition) is 1. The van der Waals surface area contributed by atoms with Crippen LogP contribution in [0.1, 0.15) is 16.7 Å². The van der Waals surface area contributed by atoms with Gasteiger partial charge in [0.25, 0.3) is 10.0 Å². The van der Waals surface area contributed by atoms with Gasteiger partial charge in [0, 0.05) is 5.02 Å². The first-order valence-electron chi connectivity index (χ1n) is 11.6. The van der Waals surface area contributed by atoms with Crippen LogP contribution >= 0.6 is 11.6 Å². The SMILES string of the molecule is Cc1ccc(S(=O)(=O)N(CC(=O)Nc2cc(Cl)ccc2Oc2ccccc2)c2ccc(C)c(C)c2)cc1. The number of hydrogen-bond acceptors (Lipinski definition) is 4. The van der Waals surface area contributed by atoms with Crippen LogP contribution in [0, 0.1) is 20.8 Å². The minimum atomic E-state index is -4.04. The molecule has 0 aliphatic heterocycles. The number of anilines is 2. The summed E-state index contributed by atoms with van der Waals surface area (Å²) in [6.07, 6.45) is 0. The molecule has 0 radical (unpaired) electrons. The molecule has 4 rings (SSSR count). The molecule has 0 unspecified atom stereocenters. The number of ether oxygens (including phenoxy) is 1. The third-order valence-electron chi connectivity index (χ3n) is 5.86. The summed E-state index contributed by atoms with van der Waals surface area (Å²) in [6, 6.07) is 25.8. The zero-order valence-corrected chi connectivity index (χ0v) is 22.3. The lowest BCUT2D eigenvalue weighted by Crippen LogP contribution is -2.38. The largest absolute Gasteiger partial charge is 0.455 e. The van der Waals surface area contributed by atoms with Crippen molar-refractivity contribution in [2.75, 3.05) is 16.2 Å². The van der Waals surface area contributed by atoms with Crippen molar-refractivity contribution in [3.05, 3.63) is 113 Å². The normalized spacial score (nSPS) is 11.1. The van der Waals surface area contributed by atoms with Gasteiger partial charge in [-0.25, -0.2) is 8.42 Å². The minimum absolute atomic E-state index is 0.0972. The molecule has 37 heavy (non-hydrogen) atoms. The summed E-state index contributed by atoms with van der Waals surface area (Å²) in [5, 5.41) is 3.17. The highest BCUT2D eigenvalue weighted by molar-refractivity contribution is 7.92. The van der Waals surface area contributed by atoms with E-state index in [2.05, 4.69) is 5.32 Å². The molecule has 1 amide bonds. The number of nitrogens with zero attached hydrogens (tertiary/aromatic N) is 1. The van der Waals surface area contributed by atoms with Gasteiger partial charge in [0.2, 0.25) is 5.91 Å². The highest BCUT2D eigenvalue weighted by Gasteiger charge is 2.28. The van der Waals surface area contributed by atoms with E-state index in [0.717, 1.165) is 21.0 Å². The standard InChI is InChI=1S/C29H27ClN2O4S/c1-20-9-14-26(15-10-20)37(34,35)32(24-13-11-21(2)22(3)17-24)19-29(33)31-27-18-23(30)12-16-28(27)36-25-7-5-4-6-8-25/h4-18H,19H2,1-3H3,(H,31,33). The molecular formula is C29H27ClN2O4S. The number of rotatable bonds is 8. The molecule has 0 aliphatic carbocycles. The summed E-state index contributed by atoms with van der Waals surface area (Å²) >= 11 is 6.19. The van der Waals surface area contributed by atoms with Gasteiger partial charge in [0.05, 0.1) is 16.3 Å². The first-order valence-corrected chi connectivity index (χ1v) is 13.4. The number of nitrogens with one attached hydrogen (secondary N) is 1. The molecule has 0 bridgehead atoms. The first kappa shape index (κ1) is 26.3. The molecule has 0 saturated carbocycles. The Hall–Kier alpha value is -3.81. The van der Waals surface area contributed by atoms with Gasteiger partial charge in [-0.1, -0.05) is 53.6 Å². The van der Waals surface area contributed by atoms with E-state index in [4.69, 9.17) is 16.3 Å². The van der Waals surface area contributed by atoms with Crippen LogP contribution < -0.4 is 14.4 Å². The maximum absolute atomic E-state index is 13.7. The lowest BCUT2D eigenvalue weighted by atomic mass is 10.1. The Morgan fingerprint density at radius 1 is 0.865 bits per heavy atom. The van der Waals surface area contributed by atoms with Gasteiger partial charge in [-0.3, -0.25) is 9.10 Å². The van der Waals surface area contributed by atoms with E-state index in [-0.39, 0.29) is 4.90 Å². The maximum Gasteiger partial charge on any atom is 0.264 e. The molecule has 4 aromatic rings. The molecule has 0 heterocycles. The van der Waals surface area contributed by atoms with Crippen LogP contribution in [0.5, 0.6) is 11.5 Å². The second-order valence-electron chi connectivity index (χ2n) is 8.70. The van der Waals surface area contributed by atoms with Crippen LogP contribution in [0.15, 0.2) is 95.9 Å². The quantitative estimate of drug-likeness (QED) is 0.267. The van der Waals surface area contributed by atoms with E-state index in [0.29, 0.717) is 27.9 Å². The molecule has 0 atom stereocenters. The van der Waals surface area contributed by atoms with Gasteiger partial charge in [-0.2, -0.15) is 0 Å². The number of para-hydroxylation sites is 1. The van der Waals surface area contributed by atoms with Crippen LogP contribution in [-0.2, 0) is 14.8 Å². The molecule has 190 valence electrons. The fourth-order valence-corrected chi connectivity index (χ4v) is 5.24. The van der Waals surface area contributed by atoms with Gasteiger partial charge in [0.1, 0.15) is 12.3 Å². The van der Waals surface area contributed by atoms with E-state index in [1.54, 1.807) is 66.7 Å². The fourth-order valence-electron chi connectivity index (χ4n) is 3.66. The third-order valence-corrected chi connectivity index (χ3v) is 7.88. The summed E-state index contributed by atoms with van der Waals surface area (Å²) in [6.45, 7) is 5.27. The molecule has 0 fully saturated rings. The lowest BCUT2D eigenvalue weighted by molar-refractivity contribution is -0.114. The lowest BCUT2D eigenvalue weighted by Gasteiger charge is -2.25. The molecule has 6 nitrogen and oxygen atoms in total. The summed E-state index contributed by atoms with van der Waals surface area (Å²) in [5.41, 5.74) is 3.58. The molecule has 0 aromatic heterocycles. The molecule has 1 N–H and O–H groups in total. The van der Waals surface area contributed by atoms with Crippen molar-refractivity contribution in [1.29, 1.82) is 0 Å². The molecule has 0 spiro atoms. The van der Waals surface area contributed by atoms with Crippen molar-refractivity contribution in [2.24, 2.45) is 0 Å². The number of carbonyl (C=O) groups excluding carboxylic acids is 1. The number of aryl methyl sites for hydroxylation is 3. The Bertz CT molecular complexity index is 1520. The van der Waals surface area contributed by atoms with Crippen LogP contribution in [0.4, 0.5) is 11.4 Å². The van der Waals surface area contributed by atoms with Crippen molar-refractivity contribution in [3.63, 3.8) is 0 Å². The summed E-state index contributed by atoms with van der Waals surface area (Å²) in [4.78, 5) is 13.4. The number of sulfonamides is 1. The molecular weight excluding hydrogens is 508 g/mol. The average molecular weight is 535 g/mol. The van der Waals surface area contributed by atoms with E-state index in [9.17, 15) is 13.2 Å². The molecule has 0 aliphatic rings. The number of carbonyl (C=O) groups is 1.